The smallest absolute Gasteiger partial charge is 0.303 e. The van der Waals surface area contributed by atoms with Crippen LogP contribution in [-0.4, -0.2) is 22.6 Å². The number of ketones is 2. The van der Waals surface area contributed by atoms with Crippen molar-refractivity contribution < 1.29 is 19.5 Å². The van der Waals surface area contributed by atoms with E-state index in [1.165, 1.54) is 19.3 Å². The fourth-order valence-corrected chi connectivity index (χ4v) is 8.04. The first kappa shape index (κ1) is 20.1. The number of Topliss-reactive ketones (excluding diaryl/α,β-unsaturated/α-hetero) is 2. The molecule has 4 rings (SSSR count). The molecule has 0 amide bonds. The molecule has 0 saturated heterocycles. The third-order valence-corrected chi connectivity index (χ3v) is 9.42. The molecule has 0 radical (unpaired) electrons. The van der Waals surface area contributed by atoms with Gasteiger partial charge in [-0.25, -0.2) is 0 Å². The standard InChI is InChI=1S/C24H36O4/c1-15(5-6-21(27)28)14-24-9-3-4-19(24)22-18(8-11-24)23(2)10-7-17(25)12-16(23)13-20(22)26/h15-16,18-19,22H,3-14H2,1-2H3,(H,27,28). The van der Waals surface area contributed by atoms with Crippen molar-refractivity contribution in [2.24, 2.45) is 40.4 Å². The lowest BCUT2D eigenvalue weighted by Gasteiger charge is -2.59. The van der Waals surface area contributed by atoms with E-state index in [1.807, 2.05) is 0 Å². The lowest BCUT2D eigenvalue weighted by Crippen LogP contribution is -2.56. The van der Waals surface area contributed by atoms with Gasteiger partial charge in [-0.3, -0.25) is 14.4 Å². The van der Waals surface area contributed by atoms with Gasteiger partial charge in [0.15, 0.2) is 0 Å². The summed E-state index contributed by atoms with van der Waals surface area (Å²) in [6.45, 7) is 4.58. The van der Waals surface area contributed by atoms with E-state index in [4.69, 9.17) is 5.11 Å². The maximum absolute atomic E-state index is 13.3. The van der Waals surface area contributed by atoms with Crippen LogP contribution >= 0.6 is 0 Å². The van der Waals surface area contributed by atoms with E-state index in [-0.39, 0.29) is 29.1 Å². The molecule has 4 aliphatic carbocycles. The highest BCUT2D eigenvalue weighted by Gasteiger charge is 2.61. The Morgan fingerprint density at radius 2 is 1.93 bits per heavy atom. The topological polar surface area (TPSA) is 71.4 Å². The minimum Gasteiger partial charge on any atom is -0.481 e. The average molecular weight is 389 g/mol. The fraction of sp³-hybridized carbons (Fsp3) is 0.875. The highest BCUT2D eigenvalue weighted by molar-refractivity contribution is 5.86. The first-order valence-corrected chi connectivity index (χ1v) is 11.5. The molecule has 0 aliphatic heterocycles. The summed E-state index contributed by atoms with van der Waals surface area (Å²) < 4.78 is 0. The molecule has 0 aromatic rings. The van der Waals surface area contributed by atoms with Gasteiger partial charge < -0.3 is 5.11 Å². The van der Waals surface area contributed by atoms with Crippen molar-refractivity contribution in [2.75, 3.05) is 0 Å². The van der Waals surface area contributed by atoms with Gasteiger partial charge in [-0.1, -0.05) is 20.3 Å². The van der Waals surface area contributed by atoms with E-state index >= 15 is 0 Å². The van der Waals surface area contributed by atoms with E-state index < -0.39 is 5.97 Å². The van der Waals surface area contributed by atoms with Gasteiger partial charge in [0.25, 0.3) is 0 Å². The largest absolute Gasteiger partial charge is 0.481 e. The molecule has 7 unspecified atom stereocenters. The van der Waals surface area contributed by atoms with Crippen molar-refractivity contribution >= 4 is 17.5 Å². The second kappa shape index (κ2) is 7.25. The van der Waals surface area contributed by atoms with Crippen LogP contribution in [0.5, 0.6) is 0 Å². The van der Waals surface area contributed by atoms with Gasteiger partial charge in [0.2, 0.25) is 0 Å². The van der Waals surface area contributed by atoms with Crippen molar-refractivity contribution in [1.82, 2.24) is 0 Å². The summed E-state index contributed by atoms with van der Waals surface area (Å²) in [6, 6.07) is 0. The maximum Gasteiger partial charge on any atom is 0.303 e. The third-order valence-electron chi connectivity index (χ3n) is 9.42. The number of hydrogen-bond donors (Lipinski definition) is 1. The van der Waals surface area contributed by atoms with Crippen LogP contribution in [0.2, 0.25) is 0 Å². The van der Waals surface area contributed by atoms with Gasteiger partial charge in [0, 0.05) is 31.6 Å². The minimum atomic E-state index is -0.704. The second-order valence-electron chi connectivity index (χ2n) is 10.9. The van der Waals surface area contributed by atoms with Crippen LogP contribution in [0.1, 0.15) is 90.9 Å². The van der Waals surface area contributed by atoms with Crippen molar-refractivity contribution in [3.8, 4) is 0 Å². The Hall–Kier alpha value is -1.19. The molecule has 4 saturated carbocycles. The number of fused-ring (bicyclic) bond motifs is 5. The van der Waals surface area contributed by atoms with Gasteiger partial charge in [-0.2, -0.15) is 0 Å². The van der Waals surface area contributed by atoms with Crippen molar-refractivity contribution in [2.45, 2.75) is 90.9 Å². The van der Waals surface area contributed by atoms with Gasteiger partial charge >= 0.3 is 5.97 Å². The maximum atomic E-state index is 13.3. The molecule has 0 heterocycles. The lowest BCUT2D eigenvalue weighted by molar-refractivity contribution is -0.158. The number of hydrogen-bond acceptors (Lipinski definition) is 3. The summed E-state index contributed by atoms with van der Waals surface area (Å²) in [6.07, 6.45) is 10.9. The highest BCUT2D eigenvalue weighted by atomic mass is 16.4. The van der Waals surface area contributed by atoms with Gasteiger partial charge in [0.1, 0.15) is 11.6 Å². The molecule has 4 heteroatoms. The predicted molar refractivity (Wildman–Crippen MR) is 107 cm³/mol. The molecule has 0 aromatic carbocycles. The van der Waals surface area contributed by atoms with E-state index in [2.05, 4.69) is 13.8 Å². The fourth-order valence-electron chi connectivity index (χ4n) is 8.04. The van der Waals surface area contributed by atoms with Crippen LogP contribution < -0.4 is 0 Å². The Balaban J connectivity index is 1.55. The van der Waals surface area contributed by atoms with Crippen LogP contribution in [0.3, 0.4) is 0 Å². The summed E-state index contributed by atoms with van der Waals surface area (Å²) in [5, 5.41) is 9.03. The summed E-state index contributed by atoms with van der Waals surface area (Å²) in [7, 11) is 0. The third kappa shape index (κ3) is 3.25. The highest BCUT2D eigenvalue weighted by Crippen LogP contribution is 2.66. The summed E-state index contributed by atoms with van der Waals surface area (Å²) >= 11 is 0. The summed E-state index contributed by atoms with van der Waals surface area (Å²) in [4.78, 5) is 36.3. The first-order valence-electron chi connectivity index (χ1n) is 11.5. The Morgan fingerprint density at radius 1 is 1.14 bits per heavy atom. The molecule has 4 fully saturated rings. The molecule has 0 spiro atoms. The molecular weight excluding hydrogens is 352 g/mol. The molecule has 0 bridgehead atoms. The number of carboxylic acids is 1. The molecule has 7 atom stereocenters. The Bertz CT molecular complexity index is 670. The van der Waals surface area contributed by atoms with Gasteiger partial charge in [0.05, 0.1) is 0 Å². The predicted octanol–water partition coefficient (Wildman–Crippen LogP) is 5.04. The second-order valence-corrected chi connectivity index (χ2v) is 10.9. The van der Waals surface area contributed by atoms with Crippen LogP contribution in [0.4, 0.5) is 0 Å². The first-order chi connectivity index (χ1) is 13.2. The van der Waals surface area contributed by atoms with E-state index in [9.17, 15) is 14.4 Å². The number of carbonyl (C=O) groups excluding carboxylic acids is 2. The zero-order chi connectivity index (χ0) is 20.1. The lowest BCUT2D eigenvalue weighted by atomic mass is 9.44. The molecule has 0 aromatic heterocycles. The zero-order valence-electron chi connectivity index (χ0n) is 17.5. The van der Waals surface area contributed by atoms with Crippen molar-refractivity contribution in [3.63, 3.8) is 0 Å². The van der Waals surface area contributed by atoms with Crippen molar-refractivity contribution in [1.29, 1.82) is 0 Å². The molecule has 28 heavy (non-hydrogen) atoms. The molecule has 4 aliphatic rings. The van der Waals surface area contributed by atoms with Crippen molar-refractivity contribution in [3.05, 3.63) is 0 Å². The number of aliphatic carboxylic acids is 1. The summed E-state index contributed by atoms with van der Waals surface area (Å²) in [5.74, 6) is 1.90. The van der Waals surface area contributed by atoms with Gasteiger partial charge in [-0.15, -0.1) is 0 Å². The molecular formula is C24H36O4. The Labute approximate surface area is 168 Å². The molecule has 4 nitrogen and oxygen atoms in total. The monoisotopic (exact) mass is 388 g/mol. The molecule has 1 N–H and O–H groups in total. The van der Waals surface area contributed by atoms with Crippen LogP contribution in [0.15, 0.2) is 0 Å². The SMILES string of the molecule is CC(CCC(=O)O)CC12CCCC1C1C(=O)CC3CC(=O)CCC3(C)C1CC2. The minimum absolute atomic E-state index is 0.163. The van der Waals surface area contributed by atoms with E-state index in [0.717, 1.165) is 32.1 Å². The Morgan fingerprint density at radius 3 is 2.68 bits per heavy atom. The van der Waals surface area contributed by atoms with Crippen LogP contribution in [0, 0.1) is 40.4 Å². The van der Waals surface area contributed by atoms with E-state index in [1.54, 1.807) is 0 Å². The number of carbonyl (C=O) groups is 3. The average Bonchev–Trinajstić information content (AvgIpc) is 3.05. The van der Waals surface area contributed by atoms with Crippen LogP contribution in [0.25, 0.3) is 0 Å². The number of rotatable bonds is 5. The summed E-state index contributed by atoms with van der Waals surface area (Å²) in [5.41, 5.74) is 0.415. The Kier molecular flexibility index (Phi) is 5.20. The zero-order valence-corrected chi connectivity index (χ0v) is 17.5. The van der Waals surface area contributed by atoms with Crippen LogP contribution in [-0.2, 0) is 14.4 Å². The quantitative estimate of drug-likeness (QED) is 0.716. The van der Waals surface area contributed by atoms with Gasteiger partial charge in [-0.05, 0) is 79.4 Å². The number of carboxylic acid groups (broad SMARTS) is 1. The molecule has 156 valence electrons. The normalized spacial score (nSPS) is 43.8. The van der Waals surface area contributed by atoms with E-state index in [0.29, 0.717) is 48.6 Å².